The number of aromatic nitrogens is 2. The standard InChI is InChI=1S/C19H15Cl2FN2/c1-11-6-8-13(9-7-11)10-14-12(2)23-24-19(21)17(14)18-15(20)4-3-5-16(18)22/h3-9H,10H2,1-2H3. The molecule has 0 saturated heterocycles. The van der Waals surface area contributed by atoms with Gasteiger partial charge in [-0.3, -0.25) is 0 Å². The molecule has 1 aromatic heterocycles. The Morgan fingerprint density at radius 1 is 0.917 bits per heavy atom. The number of benzene rings is 2. The number of hydrogen-bond acceptors (Lipinski definition) is 2. The van der Waals surface area contributed by atoms with Gasteiger partial charge in [0, 0.05) is 17.5 Å². The lowest BCUT2D eigenvalue weighted by Gasteiger charge is -2.15. The second kappa shape index (κ2) is 6.88. The normalized spacial score (nSPS) is 10.9. The van der Waals surface area contributed by atoms with E-state index in [0.29, 0.717) is 22.7 Å². The van der Waals surface area contributed by atoms with Gasteiger partial charge in [0.25, 0.3) is 0 Å². The van der Waals surface area contributed by atoms with Crippen molar-refractivity contribution in [2.45, 2.75) is 20.3 Å². The van der Waals surface area contributed by atoms with Crippen molar-refractivity contribution >= 4 is 23.2 Å². The highest BCUT2D eigenvalue weighted by molar-refractivity contribution is 6.36. The Labute approximate surface area is 150 Å². The van der Waals surface area contributed by atoms with Gasteiger partial charge >= 0.3 is 0 Å². The molecule has 3 rings (SSSR count). The zero-order chi connectivity index (χ0) is 17.3. The monoisotopic (exact) mass is 360 g/mol. The Hall–Kier alpha value is -1.97. The Bertz CT molecular complexity index is 872. The molecule has 2 aromatic carbocycles. The predicted octanol–water partition coefficient (Wildman–Crippen LogP) is 5.80. The van der Waals surface area contributed by atoms with Gasteiger partial charge in [-0.25, -0.2) is 4.39 Å². The lowest BCUT2D eigenvalue weighted by Crippen LogP contribution is -2.03. The summed E-state index contributed by atoms with van der Waals surface area (Å²) in [6, 6.07) is 12.7. The third-order valence-electron chi connectivity index (χ3n) is 3.95. The fourth-order valence-electron chi connectivity index (χ4n) is 2.65. The van der Waals surface area contributed by atoms with Crippen LogP contribution >= 0.6 is 23.2 Å². The van der Waals surface area contributed by atoms with Crippen molar-refractivity contribution in [1.82, 2.24) is 10.2 Å². The van der Waals surface area contributed by atoms with E-state index < -0.39 is 5.82 Å². The predicted molar refractivity (Wildman–Crippen MR) is 96.2 cm³/mol. The molecule has 0 unspecified atom stereocenters. The molecule has 0 fully saturated rings. The first-order valence-electron chi connectivity index (χ1n) is 7.49. The van der Waals surface area contributed by atoms with Gasteiger partial charge in [-0.1, -0.05) is 59.1 Å². The van der Waals surface area contributed by atoms with Gasteiger partial charge in [0.2, 0.25) is 0 Å². The van der Waals surface area contributed by atoms with E-state index in [0.717, 1.165) is 11.1 Å². The Morgan fingerprint density at radius 3 is 2.29 bits per heavy atom. The topological polar surface area (TPSA) is 25.8 Å². The van der Waals surface area contributed by atoms with Crippen LogP contribution in [0.15, 0.2) is 42.5 Å². The molecular formula is C19H15Cl2FN2. The maximum absolute atomic E-state index is 14.4. The molecule has 0 saturated carbocycles. The van der Waals surface area contributed by atoms with Crippen molar-refractivity contribution in [3.63, 3.8) is 0 Å². The number of hydrogen-bond donors (Lipinski definition) is 0. The van der Waals surface area contributed by atoms with Gasteiger partial charge in [0.1, 0.15) is 5.82 Å². The van der Waals surface area contributed by atoms with Crippen LogP contribution in [0.2, 0.25) is 10.2 Å². The minimum absolute atomic E-state index is 0.148. The molecule has 0 spiro atoms. The highest BCUT2D eigenvalue weighted by atomic mass is 35.5. The van der Waals surface area contributed by atoms with E-state index in [-0.39, 0.29) is 10.7 Å². The van der Waals surface area contributed by atoms with Crippen LogP contribution in [-0.2, 0) is 6.42 Å². The zero-order valence-electron chi connectivity index (χ0n) is 13.3. The first kappa shape index (κ1) is 16.9. The highest BCUT2D eigenvalue weighted by Crippen LogP contribution is 2.38. The minimum Gasteiger partial charge on any atom is -0.206 e. The molecule has 0 radical (unpaired) electrons. The zero-order valence-corrected chi connectivity index (χ0v) is 14.8. The average Bonchev–Trinajstić information content (AvgIpc) is 2.55. The second-order valence-electron chi connectivity index (χ2n) is 5.69. The summed E-state index contributed by atoms with van der Waals surface area (Å²) in [5.74, 6) is -0.429. The molecule has 0 aliphatic rings. The summed E-state index contributed by atoms with van der Waals surface area (Å²) in [5.41, 5.74) is 4.57. The Kier molecular flexibility index (Phi) is 4.83. The van der Waals surface area contributed by atoms with Crippen LogP contribution in [0.4, 0.5) is 4.39 Å². The van der Waals surface area contributed by atoms with Crippen molar-refractivity contribution in [2.75, 3.05) is 0 Å². The van der Waals surface area contributed by atoms with Crippen LogP contribution in [0, 0.1) is 19.7 Å². The van der Waals surface area contributed by atoms with Crippen LogP contribution in [-0.4, -0.2) is 10.2 Å². The van der Waals surface area contributed by atoms with Crippen LogP contribution in [0.3, 0.4) is 0 Å². The Morgan fingerprint density at radius 2 is 1.62 bits per heavy atom. The summed E-state index contributed by atoms with van der Waals surface area (Å²) in [6.07, 6.45) is 0.571. The van der Waals surface area contributed by atoms with Gasteiger partial charge in [-0.2, -0.15) is 5.10 Å². The van der Waals surface area contributed by atoms with Crippen molar-refractivity contribution in [3.05, 3.63) is 80.8 Å². The maximum atomic E-state index is 14.4. The van der Waals surface area contributed by atoms with Gasteiger partial charge in [-0.15, -0.1) is 5.10 Å². The van der Waals surface area contributed by atoms with Crippen molar-refractivity contribution in [2.24, 2.45) is 0 Å². The first-order chi connectivity index (χ1) is 11.5. The molecular weight excluding hydrogens is 346 g/mol. The van der Waals surface area contributed by atoms with Gasteiger partial charge < -0.3 is 0 Å². The van der Waals surface area contributed by atoms with E-state index in [1.165, 1.54) is 11.6 Å². The second-order valence-corrected chi connectivity index (χ2v) is 6.45. The first-order valence-corrected chi connectivity index (χ1v) is 8.24. The van der Waals surface area contributed by atoms with Gasteiger partial charge in [-0.05, 0) is 37.1 Å². The number of rotatable bonds is 3. The largest absolute Gasteiger partial charge is 0.206 e. The number of halogens is 3. The molecule has 0 atom stereocenters. The third-order valence-corrected chi connectivity index (χ3v) is 4.53. The van der Waals surface area contributed by atoms with Gasteiger partial charge in [0.05, 0.1) is 10.7 Å². The van der Waals surface area contributed by atoms with Crippen LogP contribution in [0.5, 0.6) is 0 Å². The van der Waals surface area contributed by atoms with E-state index in [9.17, 15) is 4.39 Å². The van der Waals surface area contributed by atoms with Crippen molar-refractivity contribution in [3.8, 4) is 11.1 Å². The van der Waals surface area contributed by atoms with Crippen LogP contribution < -0.4 is 0 Å². The molecule has 0 amide bonds. The highest BCUT2D eigenvalue weighted by Gasteiger charge is 2.20. The molecule has 0 N–H and O–H groups in total. The number of aryl methyl sites for hydroxylation is 2. The van der Waals surface area contributed by atoms with Crippen molar-refractivity contribution in [1.29, 1.82) is 0 Å². The van der Waals surface area contributed by atoms with E-state index in [2.05, 4.69) is 10.2 Å². The third kappa shape index (κ3) is 3.28. The SMILES string of the molecule is Cc1ccc(Cc2c(C)nnc(Cl)c2-c2c(F)cccc2Cl)cc1. The molecule has 122 valence electrons. The molecule has 0 bridgehead atoms. The van der Waals surface area contributed by atoms with Crippen LogP contribution in [0.25, 0.3) is 11.1 Å². The maximum Gasteiger partial charge on any atom is 0.159 e. The summed E-state index contributed by atoms with van der Waals surface area (Å²) in [4.78, 5) is 0. The molecule has 5 heteroatoms. The summed E-state index contributed by atoms with van der Waals surface area (Å²) in [5, 5.41) is 8.48. The molecule has 0 aliphatic carbocycles. The minimum atomic E-state index is -0.429. The molecule has 0 aliphatic heterocycles. The summed E-state index contributed by atoms with van der Waals surface area (Å²) in [6.45, 7) is 3.87. The van der Waals surface area contributed by atoms with E-state index in [1.807, 2.05) is 38.1 Å². The smallest absolute Gasteiger partial charge is 0.159 e. The number of nitrogens with zero attached hydrogens (tertiary/aromatic N) is 2. The Balaban J connectivity index is 2.19. The lowest BCUT2D eigenvalue weighted by molar-refractivity contribution is 0.631. The van der Waals surface area contributed by atoms with E-state index in [4.69, 9.17) is 23.2 Å². The molecule has 1 heterocycles. The van der Waals surface area contributed by atoms with Crippen molar-refractivity contribution < 1.29 is 4.39 Å². The summed E-state index contributed by atoms with van der Waals surface area (Å²) < 4.78 is 14.4. The van der Waals surface area contributed by atoms with Crippen LogP contribution in [0.1, 0.15) is 22.4 Å². The van der Waals surface area contributed by atoms with Gasteiger partial charge in [0.15, 0.2) is 5.15 Å². The molecule has 3 aromatic rings. The van der Waals surface area contributed by atoms with E-state index >= 15 is 0 Å². The average molecular weight is 361 g/mol. The van der Waals surface area contributed by atoms with E-state index in [1.54, 1.807) is 12.1 Å². The molecule has 2 nitrogen and oxygen atoms in total. The quantitative estimate of drug-likeness (QED) is 0.589. The molecule has 24 heavy (non-hydrogen) atoms. The fourth-order valence-corrected chi connectivity index (χ4v) is 3.16. The summed E-state index contributed by atoms with van der Waals surface area (Å²) >= 11 is 12.5. The summed E-state index contributed by atoms with van der Waals surface area (Å²) in [7, 11) is 0. The fraction of sp³-hybridized carbons (Fsp3) is 0.158. The lowest BCUT2D eigenvalue weighted by atomic mass is 9.94.